The zero-order chi connectivity index (χ0) is 5.82. The average Bonchev–Trinajstić information content (AvgIpc) is 2.19. The first-order valence-corrected chi connectivity index (χ1v) is 3.22. The van der Waals surface area contributed by atoms with Crippen LogP contribution in [0.2, 0.25) is 0 Å². The molecule has 47 valence electrons. The van der Waals surface area contributed by atoms with Crippen LogP contribution in [0, 0.1) is 0 Å². The first-order chi connectivity index (χ1) is 3.93. The van der Waals surface area contributed by atoms with Crippen molar-refractivity contribution in [2.75, 3.05) is 20.1 Å². The highest BCUT2D eigenvalue weighted by Gasteiger charge is 2.11. The maximum absolute atomic E-state index is 4.06. The third kappa shape index (κ3) is 1.46. The van der Waals surface area contributed by atoms with E-state index >= 15 is 0 Å². The zero-order valence-corrected chi connectivity index (χ0v) is 5.35. The molecule has 0 amide bonds. The second kappa shape index (κ2) is 3.05. The van der Waals surface area contributed by atoms with Gasteiger partial charge in [-0.15, -0.1) is 0 Å². The molecule has 0 aromatic carbocycles. The quantitative estimate of drug-likeness (QED) is 0.535. The van der Waals surface area contributed by atoms with Crippen LogP contribution in [-0.2, 0) is 0 Å². The second-order valence-corrected chi connectivity index (χ2v) is 2.29. The van der Waals surface area contributed by atoms with Gasteiger partial charge in [-0.25, -0.2) is 5.32 Å². The van der Waals surface area contributed by atoms with Crippen LogP contribution in [0.4, 0.5) is 0 Å². The van der Waals surface area contributed by atoms with Gasteiger partial charge in [-0.2, -0.15) is 0 Å². The molecule has 0 aliphatic carbocycles. The van der Waals surface area contributed by atoms with Crippen molar-refractivity contribution >= 4 is 0 Å². The lowest BCUT2D eigenvalue weighted by atomic mass is 10.2. The predicted molar refractivity (Wildman–Crippen MR) is 33.9 cm³/mol. The van der Waals surface area contributed by atoms with Crippen LogP contribution >= 0.6 is 0 Å². The Morgan fingerprint density at radius 3 is 3.12 bits per heavy atom. The van der Waals surface area contributed by atoms with Crippen LogP contribution in [0.5, 0.6) is 0 Å². The van der Waals surface area contributed by atoms with Gasteiger partial charge in [0.1, 0.15) is 0 Å². The molecule has 1 saturated heterocycles. The maximum atomic E-state index is 4.06. The molecule has 1 N–H and O–H groups in total. The first-order valence-electron chi connectivity index (χ1n) is 3.22. The lowest BCUT2D eigenvalue weighted by molar-refractivity contribution is 0.562. The summed E-state index contributed by atoms with van der Waals surface area (Å²) in [6.07, 6.45) is 2.65. The summed E-state index contributed by atoms with van der Waals surface area (Å²) in [5.41, 5.74) is 0. The van der Waals surface area contributed by atoms with Gasteiger partial charge >= 0.3 is 0 Å². The van der Waals surface area contributed by atoms with Crippen molar-refractivity contribution < 1.29 is 0 Å². The highest BCUT2D eigenvalue weighted by molar-refractivity contribution is 4.74. The van der Waals surface area contributed by atoms with Crippen LogP contribution in [-0.4, -0.2) is 26.2 Å². The van der Waals surface area contributed by atoms with Gasteiger partial charge in [0.25, 0.3) is 0 Å². The van der Waals surface area contributed by atoms with Crippen LogP contribution in [0.25, 0.3) is 0 Å². The summed E-state index contributed by atoms with van der Waals surface area (Å²) in [5.74, 6) is 0. The highest BCUT2D eigenvalue weighted by atomic mass is 15.0. The van der Waals surface area contributed by atoms with Crippen molar-refractivity contribution in [2.24, 2.45) is 0 Å². The standard InChI is InChI=1S/C6H13N2/c1-7-5-6-3-2-4-8-6/h6,8H,2-5H2,1H3. The number of nitrogens with one attached hydrogen (secondary N) is 1. The molecule has 1 aliphatic heterocycles. The molecule has 1 fully saturated rings. The lowest BCUT2D eigenvalue weighted by Crippen LogP contribution is -2.28. The van der Waals surface area contributed by atoms with E-state index in [0.29, 0.717) is 6.04 Å². The number of rotatable bonds is 2. The fourth-order valence-corrected chi connectivity index (χ4v) is 1.13. The van der Waals surface area contributed by atoms with Gasteiger partial charge in [0.2, 0.25) is 0 Å². The Morgan fingerprint density at radius 1 is 1.75 bits per heavy atom. The van der Waals surface area contributed by atoms with E-state index in [0.717, 1.165) is 6.54 Å². The average molecular weight is 113 g/mol. The predicted octanol–water partition coefficient (Wildman–Crippen LogP) is -0.0274. The number of hydrogen-bond donors (Lipinski definition) is 1. The number of hydrogen-bond acceptors (Lipinski definition) is 1. The van der Waals surface area contributed by atoms with Gasteiger partial charge in [0.05, 0.1) is 0 Å². The Balaban J connectivity index is 2.06. The minimum atomic E-state index is 0.694. The van der Waals surface area contributed by atoms with E-state index in [9.17, 15) is 0 Å². The second-order valence-electron chi connectivity index (χ2n) is 2.29. The van der Waals surface area contributed by atoms with Crippen LogP contribution in [0.15, 0.2) is 0 Å². The Labute approximate surface area is 50.7 Å². The third-order valence-corrected chi connectivity index (χ3v) is 1.57. The van der Waals surface area contributed by atoms with Crippen LogP contribution < -0.4 is 10.6 Å². The fourth-order valence-electron chi connectivity index (χ4n) is 1.13. The minimum Gasteiger partial charge on any atom is -0.313 e. The van der Waals surface area contributed by atoms with Gasteiger partial charge < -0.3 is 5.32 Å². The van der Waals surface area contributed by atoms with E-state index in [-0.39, 0.29) is 0 Å². The van der Waals surface area contributed by atoms with Crippen molar-refractivity contribution in [1.29, 1.82) is 0 Å². The van der Waals surface area contributed by atoms with E-state index in [1.54, 1.807) is 0 Å². The van der Waals surface area contributed by atoms with E-state index in [1.165, 1.54) is 19.4 Å². The van der Waals surface area contributed by atoms with E-state index in [1.807, 2.05) is 7.05 Å². The molecule has 1 unspecified atom stereocenters. The summed E-state index contributed by atoms with van der Waals surface area (Å²) in [5, 5.41) is 7.42. The maximum Gasteiger partial charge on any atom is 0.0284 e. The van der Waals surface area contributed by atoms with Gasteiger partial charge in [-0.3, -0.25) is 0 Å². The molecule has 0 saturated carbocycles. The molecule has 1 heterocycles. The monoisotopic (exact) mass is 113 g/mol. The molecule has 1 radical (unpaired) electrons. The summed E-state index contributed by atoms with van der Waals surface area (Å²) in [6, 6.07) is 0.694. The van der Waals surface area contributed by atoms with E-state index in [4.69, 9.17) is 0 Å². The molecule has 1 aliphatic rings. The molecule has 8 heavy (non-hydrogen) atoms. The Hall–Kier alpha value is -0.0800. The summed E-state index contributed by atoms with van der Waals surface area (Å²) in [4.78, 5) is 0. The normalized spacial score (nSPS) is 28.9. The highest BCUT2D eigenvalue weighted by Crippen LogP contribution is 2.02. The number of nitrogens with zero attached hydrogens (tertiary/aromatic N) is 1. The van der Waals surface area contributed by atoms with Crippen molar-refractivity contribution in [3.63, 3.8) is 0 Å². The molecule has 1 atom stereocenters. The van der Waals surface area contributed by atoms with E-state index < -0.39 is 0 Å². The van der Waals surface area contributed by atoms with Crippen molar-refractivity contribution in [3.05, 3.63) is 0 Å². The Morgan fingerprint density at radius 2 is 2.62 bits per heavy atom. The minimum absolute atomic E-state index is 0.694. The fraction of sp³-hybridized carbons (Fsp3) is 1.00. The van der Waals surface area contributed by atoms with Gasteiger partial charge in [0, 0.05) is 19.6 Å². The van der Waals surface area contributed by atoms with Crippen molar-refractivity contribution in [2.45, 2.75) is 18.9 Å². The lowest BCUT2D eigenvalue weighted by Gasteiger charge is -2.05. The third-order valence-electron chi connectivity index (χ3n) is 1.57. The SMILES string of the molecule is C[N]CC1CCCN1. The molecule has 0 aromatic rings. The van der Waals surface area contributed by atoms with Crippen LogP contribution in [0.1, 0.15) is 12.8 Å². The molecular weight excluding hydrogens is 100 g/mol. The van der Waals surface area contributed by atoms with Gasteiger partial charge in [-0.1, -0.05) is 0 Å². The Bertz CT molecular complexity index is 57.5. The number of likely N-dealkylation sites (N-methyl/N-ethyl adjacent to an activating group) is 1. The molecule has 0 aromatic heterocycles. The summed E-state index contributed by atoms with van der Waals surface area (Å²) >= 11 is 0. The first kappa shape index (κ1) is 6.05. The molecular formula is C6H13N2. The molecule has 2 nitrogen and oxygen atoms in total. The molecule has 0 bridgehead atoms. The van der Waals surface area contributed by atoms with Gasteiger partial charge in [0.15, 0.2) is 0 Å². The molecule has 2 heteroatoms. The summed E-state index contributed by atoms with van der Waals surface area (Å²) in [7, 11) is 1.88. The van der Waals surface area contributed by atoms with Crippen LogP contribution in [0.3, 0.4) is 0 Å². The smallest absolute Gasteiger partial charge is 0.0284 e. The molecule has 1 rings (SSSR count). The largest absolute Gasteiger partial charge is 0.313 e. The summed E-state index contributed by atoms with van der Waals surface area (Å²) < 4.78 is 0. The topological polar surface area (TPSA) is 26.1 Å². The van der Waals surface area contributed by atoms with Crippen molar-refractivity contribution in [1.82, 2.24) is 10.6 Å². The summed E-state index contributed by atoms with van der Waals surface area (Å²) in [6.45, 7) is 2.19. The Kier molecular flexibility index (Phi) is 2.30. The van der Waals surface area contributed by atoms with Gasteiger partial charge in [-0.05, 0) is 19.4 Å². The molecule has 0 spiro atoms. The van der Waals surface area contributed by atoms with Crippen molar-refractivity contribution in [3.8, 4) is 0 Å². The zero-order valence-electron chi connectivity index (χ0n) is 5.35. The van der Waals surface area contributed by atoms with E-state index in [2.05, 4.69) is 10.6 Å².